The Kier molecular flexibility index (Phi) is 6.87. The number of esters is 1. The number of carbonyl (C=O) groups is 1. The fourth-order valence-electron chi connectivity index (χ4n) is 3.88. The van der Waals surface area contributed by atoms with Crippen LogP contribution >= 0.6 is 11.8 Å². The van der Waals surface area contributed by atoms with E-state index in [4.69, 9.17) is 9.47 Å². The summed E-state index contributed by atoms with van der Waals surface area (Å²) in [6.45, 7) is 1.73. The third kappa shape index (κ3) is 4.90. The lowest BCUT2D eigenvalue weighted by molar-refractivity contribution is -0.384. The summed E-state index contributed by atoms with van der Waals surface area (Å²) >= 11 is 1.29. The van der Waals surface area contributed by atoms with Gasteiger partial charge in [0.2, 0.25) is 0 Å². The molecule has 1 aliphatic rings. The summed E-state index contributed by atoms with van der Waals surface area (Å²) in [5.41, 5.74) is 2.35. The van der Waals surface area contributed by atoms with Crippen molar-refractivity contribution in [2.45, 2.75) is 23.8 Å². The highest BCUT2D eigenvalue weighted by atomic mass is 32.2. The molecule has 1 aromatic heterocycles. The van der Waals surface area contributed by atoms with E-state index in [1.807, 2.05) is 0 Å². The summed E-state index contributed by atoms with van der Waals surface area (Å²) < 4.78 is 10.2. The van der Waals surface area contributed by atoms with Crippen molar-refractivity contribution in [2.75, 3.05) is 19.5 Å². The van der Waals surface area contributed by atoms with Crippen LogP contribution in [0.25, 0.3) is 0 Å². The molecule has 4 rings (SSSR count). The maximum absolute atomic E-state index is 13.3. The molecule has 3 aromatic rings. The highest BCUT2D eigenvalue weighted by Crippen LogP contribution is 2.40. The maximum atomic E-state index is 13.3. The number of hydrogen-bond acceptors (Lipinski definition) is 9. The number of fused-ring (bicyclic) bond motifs is 1. The van der Waals surface area contributed by atoms with Crippen LogP contribution in [0.2, 0.25) is 0 Å². The number of benzene rings is 2. The van der Waals surface area contributed by atoms with Gasteiger partial charge in [-0.15, -0.1) is 0 Å². The number of H-pyrrole nitrogens is 1. The number of methoxy groups -OCH3 is 2. The number of ether oxygens (including phenoxy) is 2. The molecule has 0 fully saturated rings. The van der Waals surface area contributed by atoms with Crippen molar-refractivity contribution in [3.63, 3.8) is 0 Å². The minimum Gasteiger partial charge on any atom is -0.497 e. The quantitative estimate of drug-likeness (QED) is 0.164. The minimum absolute atomic E-state index is 0.0107. The number of thioether (sulfide) groups is 1. The molecule has 11 heteroatoms. The van der Waals surface area contributed by atoms with Gasteiger partial charge in [-0.25, -0.2) is 9.78 Å². The molecular weight excluding hydrogens is 472 g/mol. The van der Waals surface area contributed by atoms with Gasteiger partial charge in [0.1, 0.15) is 11.6 Å². The molecular formula is C24H22N4O6S. The largest absolute Gasteiger partial charge is 0.497 e. The lowest BCUT2D eigenvalue weighted by atomic mass is 9.82. The number of rotatable bonds is 7. The average Bonchev–Trinajstić information content (AvgIpc) is 2.86. The zero-order valence-electron chi connectivity index (χ0n) is 19.2. The molecule has 0 amide bonds. The lowest BCUT2D eigenvalue weighted by Gasteiger charge is -2.28. The zero-order chi connectivity index (χ0) is 25.1. The molecule has 0 aliphatic carbocycles. The Bertz CT molecular complexity index is 1370. The second-order valence-electron chi connectivity index (χ2n) is 7.71. The van der Waals surface area contributed by atoms with Crippen LogP contribution < -0.4 is 15.6 Å². The van der Waals surface area contributed by atoms with E-state index >= 15 is 0 Å². The van der Waals surface area contributed by atoms with E-state index in [0.717, 1.165) is 5.56 Å². The normalized spacial score (nSPS) is 14.7. The van der Waals surface area contributed by atoms with Crippen molar-refractivity contribution >= 4 is 29.2 Å². The summed E-state index contributed by atoms with van der Waals surface area (Å²) in [4.78, 5) is 43.7. The molecule has 10 nitrogen and oxygen atoms in total. The van der Waals surface area contributed by atoms with Gasteiger partial charge in [-0.05, 0) is 30.2 Å². The fraction of sp³-hybridized carbons (Fsp3) is 0.208. The van der Waals surface area contributed by atoms with E-state index in [1.165, 1.54) is 31.0 Å². The summed E-state index contributed by atoms with van der Waals surface area (Å²) in [7, 11) is 2.85. The first-order chi connectivity index (χ1) is 16.8. The fourth-order valence-corrected chi connectivity index (χ4v) is 4.69. The molecule has 1 aliphatic heterocycles. The zero-order valence-corrected chi connectivity index (χ0v) is 20.0. The first-order valence-corrected chi connectivity index (χ1v) is 11.5. The van der Waals surface area contributed by atoms with Crippen LogP contribution in [0.15, 0.2) is 69.8 Å². The first-order valence-electron chi connectivity index (χ1n) is 10.5. The molecule has 1 atom stereocenters. The molecule has 2 heterocycles. The van der Waals surface area contributed by atoms with Crippen molar-refractivity contribution in [3.8, 4) is 5.75 Å². The van der Waals surface area contributed by atoms with Crippen molar-refractivity contribution in [1.82, 2.24) is 9.97 Å². The summed E-state index contributed by atoms with van der Waals surface area (Å²) in [5, 5.41) is 14.3. The number of nitrogens with zero attached hydrogens (tertiary/aromatic N) is 2. The monoisotopic (exact) mass is 494 g/mol. The van der Waals surface area contributed by atoms with Crippen LogP contribution in [0, 0.1) is 10.1 Å². The van der Waals surface area contributed by atoms with Crippen molar-refractivity contribution in [2.24, 2.45) is 0 Å². The molecule has 0 bridgehead atoms. The van der Waals surface area contributed by atoms with Crippen LogP contribution in [0.4, 0.5) is 11.5 Å². The number of carbonyl (C=O) groups excluding carboxylic acids is 1. The van der Waals surface area contributed by atoms with Crippen LogP contribution in [0.1, 0.15) is 29.5 Å². The Balaban J connectivity index is 1.69. The van der Waals surface area contributed by atoms with E-state index in [9.17, 15) is 19.7 Å². The van der Waals surface area contributed by atoms with Crippen molar-refractivity contribution in [3.05, 3.63) is 97.0 Å². The van der Waals surface area contributed by atoms with Gasteiger partial charge in [-0.2, -0.15) is 0 Å². The Morgan fingerprint density at radius 3 is 2.43 bits per heavy atom. The smallest absolute Gasteiger partial charge is 0.336 e. The number of aromatic amines is 1. The Morgan fingerprint density at radius 2 is 1.83 bits per heavy atom. The SMILES string of the molecule is COC(=O)C1=C(C)Nc2nc(SCc3ccc([N+](=O)[O-])cc3)[nH]c(=O)c2C1c1ccc(OC)cc1. The van der Waals surface area contributed by atoms with Gasteiger partial charge in [-0.1, -0.05) is 36.0 Å². The third-order valence-corrected chi connectivity index (χ3v) is 6.54. The van der Waals surface area contributed by atoms with Crippen molar-refractivity contribution in [1.29, 1.82) is 0 Å². The highest BCUT2D eigenvalue weighted by Gasteiger charge is 2.36. The van der Waals surface area contributed by atoms with E-state index in [2.05, 4.69) is 15.3 Å². The number of aromatic nitrogens is 2. The molecule has 0 spiro atoms. The van der Waals surface area contributed by atoms with Crippen LogP contribution in [-0.2, 0) is 15.3 Å². The Labute approximate surface area is 204 Å². The molecule has 180 valence electrons. The standard InChI is InChI=1S/C24H22N4O6S/c1-13-18(23(30)34-3)19(15-6-10-17(33-2)11-7-15)20-21(25-13)26-24(27-22(20)29)35-12-14-4-8-16(9-5-14)28(31)32/h4-11,19H,12H2,1-3H3,(H2,25,26,27,29). The number of nitro benzene ring substituents is 1. The Hall–Kier alpha value is -4.12. The highest BCUT2D eigenvalue weighted by molar-refractivity contribution is 7.98. The second-order valence-corrected chi connectivity index (χ2v) is 8.67. The van der Waals surface area contributed by atoms with E-state index in [1.54, 1.807) is 50.4 Å². The van der Waals surface area contributed by atoms with E-state index < -0.39 is 16.8 Å². The molecule has 2 aromatic carbocycles. The number of hydrogen-bond donors (Lipinski definition) is 2. The topological polar surface area (TPSA) is 136 Å². The number of anilines is 1. The summed E-state index contributed by atoms with van der Waals surface area (Å²) in [6, 6.07) is 13.3. The number of non-ortho nitro benzene ring substituents is 1. The number of nitro groups is 1. The van der Waals surface area contributed by atoms with Crippen LogP contribution in [0.3, 0.4) is 0 Å². The molecule has 2 N–H and O–H groups in total. The molecule has 0 radical (unpaired) electrons. The summed E-state index contributed by atoms with van der Waals surface area (Å²) in [5.74, 6) is 0.218. The van der Waals surface area contributed by atoms with Gasteiger partial charge in [0, 0.05) is 23.6 Å². The first kappa shape index (κ1) is 24.0. The molecule has 0 saturated carbocycles. The van der Waals surface area contributed by atoms with Crippen LogP contribution in [-0.4, -0.2) is 35.1 Å². The van der Waals surface area contributed by atoms with Crippen molar-refractivity contribution < 1.29 is 19.2 Å². The van der Waals surface area contributed by atoms with Gasteiger partial charge in [-0.3, -0.25) is 14.9 Å². The predicted octanol–water partition coefficient (Wildman–Crippen LogP) is 3.98. The second kappa shape index (κ2) is 10.0. The van der Waals surface area contributed by atoms with Crippen LogP contribution in [0.5, 0.6) is 5.75 Å². The van der Waals surface area contributed by atoms with Gasteiger partial charge in [0.15, 0.2) is 5.16 Å². The number of allylic oxidation sites excluding steroid dienone is 1. The average molecular weight is 495 g/mol. The predicted molar refractivity (Wildman–Crippen MR) is 131 cm³/mol. The maximum Gasteiger partial charge on any atom is 0.336 e. The molecule has 35 heavy (non-hydrogen) atoms. The van der Waals surface area contributed by atoms with E-state index in [-0.39, 0.29) is 11.2 Å². The lowest BCUT2D eigenvalue weighted by Crippen LogP contribution is -2.31. The van der Waals surface area contributed by atoms with E-state index in [0.29, 0.717) is 44.9 Å². The van der Waals surface area contributed by atoms with Gasteiger partial charge in [0.25, 0.3) is 11.2 Å². The van der Waals surface area contributed by atoms with Gasteiger partial charge < -0.3 is 19.8 Å². The Morgan fingerprint density at radius 1 is 1.14 bits per heavy atom. The number of nitrogens with one attached hydrogen (secondary N) is 2. The molecule has 1 unspecified atom stereocenters. The summed E-state index contributed by atoms with van der Waals surface area (Å²) in [6.07, 6.45) is 0. The van der Waals surface area contributed by atoms with Gasteiger partial charge in [0.05, 0.1) is 36.2 Å². The molecule has 0 saturated heterocycles. The van der Waals surface area contributed by atoms with Gasteiger partial charge >= 0.3 is 5.97 Å². The third-order valence-electron chi connectivity index (χ3n) is 5.60. The minimum atomic E-state index is -0.686.